The fourth-order valence-electron chi connectivity index (χ4n) is 1.33. The molecule has 2 amide bonds. The summed E-state index contributed by atoms with van der Waals surface area (Å²) in [6.07, 6.45) is -4.49. The lowest BCUT2D eigenvalue weighted by atomic mass is 10.1. The predicted octanol–water partition coefficient (Wildman–Crippen LogP) is 2.26. The fourth-order valence-corrected chi connectivity index (χ4v) is 1.33. The number of nitrogens with one attached hydrogen (secondary N) is 1. The molecule has 100 valence electrons. The van der Waals surface area contributed by atoms with E-state index in [1.54, 1.807) is 0 Å². The molecule has 1 rings (SSSR count). The molecule has 0 aliphatic carbocycles. The molecule has 0 aromatic heterocycles. The van der Waals surface area contributed by atoms with Crippen molar-refractivity contribution in [2.75, 3.05) is 19.4 Å². The minimum atomic E-state index is -4.49. The largest absolute Gasteiger partial charge is 0.416 e. The molecule has 0 spiro atoms. The van der Waals surface area contributed by atoms with Crippen LogP contribution in [0.15, 0.2) is 18.2 Å². The second-order valence-electron chi connectivity index (χ2n) is 3.90. The van der Waals surface area contributed by atoms with Crippen LogP contribution < -0.4 is 11.1 Å². The summed E-state index contributed by atoms with van der Waals surface area (Å²) < 4.78 is 38.2. The molecule has 3 N–H and O–H groups in total. The number of anilines is 1. The SMILES string of the molecule is CN(C)C(=O)Nc1ccc(CN)c(C(F)(F)F)c1. The minimum absolute atomic E-state index is 0.00893. The third kappa shape index (κ3) is 3.36. The summed E-state index contributed by atoms with van der Waals surface area (Å²) >= 11 is 0. The number of hydrogen-bond acceptors (Lipinski definition) is 2. The zero-order chi connectivity index (χ0) is 13.9. The lowest BCUT2D eigenvalue weighted by Crippen LogP contribution is -2.27. The Bertz CT molecular complexity index is 444. The van der Waals surface area contributed by atoms with E-state index < -0.39 is 17.8 Å². The maximum Gasteiger partial charge on any atom is 0.416 e. The third-order valence-corrected chi connectivity index (χ3v) is 2.29. The Kier molecular flexibility index (Phi) is 4.18. The predicted molar refractivity (Wildman–Crippen MR) is 62.0 cm³/mol. The molecule has 7 heteroatoms. The molecule has 1 aromatic carbocycles. The van der Waals surface area contributed by atoms with Crippen molar-refractivity contribution in [2.45, 2.75) is 12.7 Å². The van der Waals surface area contributed by atoms with E-state index in [1.807, 2.05) is 0 Å². The van der Waals surface area contributed by atoms with E-state index in [9.17, 15) is 18.0 Å². The van der Waals surface area contributed by atoms with Crippen molar-refractivity contribution >= 4 is 11.7 Å². The normalized spacial score (nSPS) is 11.2. The highest BCUT2D eigenvalue weighted by Gasteiger charge is 2.33. The van der Waals surface area contributed by atoms with Gasteiger partial charge in [-0.15, -0.1) is 0 Å². The Labute approximate surface area is 103 Å². The minimum Gasteiger partial charge on any atom is -0.331 e. The molecular weight excluding hydrogens is 247 g/mol. The summed E-state index contributed by atoms with van der Waals surface area (Å²) in [6.45, 7) is -0.212. The van der Waals surface area contributed by atoms with Crippen molar-refractivity contribution in [3.8, 4) is 0 Å². The van der Waals surface area contributed by atoms with Crippen LogP contribution in [0.1, 0.15) is 11.1 Å². The number of urea groups is 1. The van der Waals surface area contributed by atoms with Gasteiger partial charge in [0.2, 0.25) is 0 Å². The second kappa shape index (κ2) is 5.26. The number of hydrogen-bond donors (Lipinski definition) is 2. The number of carbonyl (C=O) groups is 1. The average Bonchev–Trinajstić information content (AvgIpc) is 2.27. The Hall–Kier alpha value is -1.76. The molecule has 0 radical (unpaired) electrons. The van der Waals surface area contributed by atoms with E-state index in [0.29, 0.717) is 0 Å². The van der Waals surface area contributed by atoms with E-state index in [1.165, 1.54) is 31.1 Å². The smallest absolute Gasteiger partial charge is 0.331 e. The average molecular weight is 261 g/mol. The van der Waals surface area contributed by atoms with Gasteiger partial charge in [-0.1, -0.05) is 6.07 Å². The standard InChI is InChI=1S/C11H14F3N3O/c1-17(2)10(18)16-8-4-3-7(6-15)9(5-8)11(12,13)14/h3-5H,6,15H2,1-2H3,(H,16,18). The summed E-state index contributed by atoms with van der Waals surface area (Å²) in [5.74, 6) is 0. The van der Waals surface area contributed by atoms with Crippen molar-refractivity contribution in [3.05, 3.63) is 29.3 Å². The highest BCUT2D eigenvalue weighted by molar-refractivity contribution is 5.89. The van der Waals surface area contributed by atoms with Gasteiger partial charge in [0, 0.05) is 26.3 Å². The molecule has 0 heterocycles. The van der Waals surface area contributed by atoms with E-state index in [4.69, 9.17) is 5.73 Å². The first-order valence-corrected chi connectivity index (χ1v) is 5.14. The molecular formula is C11H14F3N3O. The van der Waals surface area contributed by atoms with Crippen LogP contribution in [0.5, 0.6) is 0 Å². The van der Waals surface area contributed by atoms with Gasteiger partial charge in [-0.05, 0) is 17.7 Å². The van der Waals surface area contributed by atoms with Crippen LogP contribution in [0.25, 0.3) is 0 Å². The number of nitrogens with zero attached hydrogens (tertiary/aromatic N) is 1. The van der Waals surface area contributed by atoms with Crippen LogP contribution in [0.2, 0.25) is 0 Å². The van der Waals surface area contributed by atoms with Gasteiger partial charge in [0.15, 0.2) is 0 Å². The van der Waals surface area contributed by atoms with Gasteiger partial charge in [-0.3, -0.25) is 0 Å². The molecule has 0 unspecified atom stereocenters. The van der Waals surface area contributed by atoms with Crippen molar-refractivity contribution in [1.82, 2.24) is 4.90 Å². The van der Waals surface area contributed by atoms with Gasteiger partial charge >= 0.3 is 12.2 Å². The zero-order valence-corrected chi connectivity index (χ0v) is 10.0. The molecule has 4 nitrogen and oxygen atoms in total. The van der Waals surface area contributed by atoms with E-state index >= 15 is 0 Å². The summed E-state index contributed by atoms with van der Waals surface area (Å²) in [6, 6.07) is 3.03. The van der Waals surface area contributed by atoms with Crippen LogP contribution in [-0.4, -0.2) is 25.0 Å². The number of alkyl halides is 3. The van der Waals surface area contributed by atoms with Crippen LogP contribution in [0.3, 0.4) is 0 Å². The molecule has 0 saturated carbocycles. The summed E-state index contributed by atoms with van der Waals surface area (Å²) in [5.41, 5.74) is 4.49. The highest BCUT2D eigenvalue weighted by Crippen LogP contribution is 2.33. The summed E-state index contributed by atoms with van der Waals surface area (Å²) in [5, 5.41) is 2.35. The quantitative estimate of drug-likeness (QED) is 0.857. The van der Waals surface area contributed by atoms with Crippen LogP contribution in [0, 0.1) is 0 Å². The molecule has 18 heavy (non-hydrogen) atoms. The van der Waals surface area contributed by atoms with Gasteiger partial charge in [0.25, 0.3) is 0 Å². The van der Waals surface area contributed by atoms with Crippen LogP contribution in [0.4, 0.5) is 23.7 Å². The maximum atomic E-state index is 12.7. The van der Waals surface area contributed by atoms with Gasteiger partial charge < -0.3 is 16.0 Å². The molecule has 0 bridgehead atoms. The Balaban J connectivity index is 3.08. The lowest BCUT2D eigenvalue weighted by Gasteiger charge is -2.16. The topological polar surface area (TPSA) is 58.4 Å². The third-order valence-electron chi connectivity index (χ3n) is 2.29. The Morgan fingerprint density at radius 1 is 1.39 bits per heavy atom. The van der Waals surface area contributed by atoms with E-state index in [2.05, 4.69) is 5.32 Å². The van der Waals surface area contributed by atoms with E-state index in [-0.39, 0.29) is 17.8 Å². The number of nitrogens with two attached hydrogens (primary N) is 1. The molecule has 0 aliphatic heterocycles. The Morgan fingerprint density at radius 3 is 2.44 bits per heavy atom. The lowest BCUT2D eigenvalue weighted by molar-refractivity contribution is -0.138. The summed E-state index contributed by atoms with van der Waals surface area (Å²) in [4.78, 5) is 12.6. The molecule has 0 saturated heterocycles. The number of rotatable bonds is 2. The Morgan fingerprint density at radius 2 is 2.00 bits per heavy atom. The first-order chi connectivity index (χ1) is 8.25. The zero-order valence-electron chi connectivity index (χ0n) is 10.0. The summed E-state index contributed by atoms with van der Waals surface area (Å²) in [7, 11) is 2.99. The van der Waals surface area contributed by atoms with Crippen molar-refractivity contribution in [3.63, 3.8) is 0 Å². The number of benzene rings is 1. The van der Waals surface area contributed by atoms with Gasteiger partial charge in [0.05, 0.1) is 5.56 Å². The first-order valence-electron chi connectivity index (χ1n) is 5.14. The van der Waals surface area contributed by atoms with Gasteiger partial charge in [0.1, 0.15) is 0 Å². The second-order valence-corrected chi connectivity index (χ2v) is 3.90. The van der Waals surface area contributed by atoms with Gasteiger partial charge in [-0.2, -0.15) is 13.2 Å². The number of amides is 2. The molecule has 0 aliphatic rings. The maximum absolute atomic E-state index is 12.7. The highest BCUT2D eigenvalue weighted by atomic mass is 19.4. The molecule has 1 aromatic rings. The fraction of sp³-hybridized carbons (Fsp3) is 0.364. The van der Waals surface area contributed by atoms with Crippen molar-refractivity contribution in [2.24, 2.45) is 5.73 Å². The monoisotopic (exact) mass is 261 g/mol. The van der Waals surface area contributed by atoms with Crippen LogP contribution in [-0.2, 0) is 12.7 Å². The van der Waals surface area contributed by atoms with Crippen molar-refractivity contribution in [1.29, 1.82) is 0 Å². The van der Waals surface area contributed by atoms with E-state index in [0.717, 1.165) is 6.07 Å². The first kappa shape index (κ1) is 14.3. The number of halogens is 3. The van der Waals surface area contributed by atoms with Gasteiger partial charge in [-0.25, -0.2) is 4.79 Å². The molecule has 0 atom stereocenters. The van der Waals surface area contributed by atoms with Crippen molar-refractivity contribution < 1.29 is 18.0 Å². The molecule has 0 fully saturated rings. The number of carbonyl (C=O) groups excluding carboxylic acids is 1. The van der Waals surface area contributed by atoms with Crippen LogP contribution >= 0.6 is 0 Å².